The molecule has 0 bridgehead atoms. The number of amides is 1. The van der Waals surface area contributed by atoms with Crippen molar-refractivity contribution in [2.24, 2.45) is 0 Å². The fraction of sp³-hybridized carbons (Fsp3) is 0.412. The van der Waals surface area contributed by atoms with Crippen LogP contribution in [0.1, 0.15) is 50.3 Å². The minimum atomic E-state index is -0.0621. The molecule has 0 aliphatic heterocycles. The van der Waals surface area contributed by atoms with E-state index in [-0.39, 0.29) is 28.3 Å². The van der Waals surface area contributed by atoms with Crippen molar-refractivity contribution in [3.63, 3.8) is 0 Å². The third-order valence-electron chi connectivity index (χ3n) is 3.25. The highest BCUT2D eigenvalue weighted by atomic mass is 79.9. The van der Waals surface area contributed by atoms with E-state index < -0.39 is 0 Å². The van der Waals surface area contributed by atoms with Gasteiger partial charge in [0, 0.05) is 28.2 Å². The fourth-order valence-electron chi connectivity index (χ4n) is 2.11. The summed E-state index contributed by atoms with van der Waals surface area (Å²) < 4.78 is 0. The Bertz CT molecular complexity index is 662. The molecule has 0 unspecified atom stereocenters. The minimum absolute atomic E-state index is 0. The van der Waals surface area contributed by atoms with E-state index in [2.05, 4.69) is 31.1 Å². The molecule has 2 aromatic rings. The molecular formula is C17H22BrClN2OS. The smallest absolute Gasteiger partial charge is 0.225 e. The Morgan fingerprint density at radius 1 is 1.26 bits per heavy atom. The van der Waals surface area contributed by atoms with Gasteiger partial charge in [-0.25, -0.2) is 4.98 Å². The molecule has 0 aliphatic carbocycles. The first-order valence-corrected chi connectivity index (χ1v) is 8.53. The van der Waals surface area contributed by atoms with E-state index in [4.69, 9.17) is 11.6 Å². The molecule has 0 saturated heterocycles. The molecule has 126 valence electrons. The quantitative estimate of drug-likeness (QED) is 0.702. The number of nitrogens with one attached hydrogen (secondary N) is 1. The first-order valence-electron chi connectivity index (χ1n) is 7.34. The highest BCUT2D eigenvalue weighted by Gasteiger charge is 2.23. The molecule has 23 heavy (non-hydrogen) atoms. The van der Waals surface area contributed by atoms with Crippen molar-refractivity contribution >= 4 is 51.0 Å². The van der Waals surface area contributed by atoms with Crippen molar-refractivity contribution in [3.05, 3.63) is 45.4 Å². The van der Waals surface area contributed by atoms with Gasteiger partial charge in [0.2, 0.25) is 5.91 Å². The second kappa shape index (κ2) is 8.27. The van der Waals surface area contributed by atoms with Crippen LogP contribution in [-0.2, 0) is 16.6 Å². The lowest BCUT2D eigenvalue weighted by Gasteiger charge is -2.17. The first-order chi connectivity index (χ1) is 10.3. The van der Waals surface area contributed by atoms with Crippen molar-refractivity contribution in [3.8, 4) is 0 Å². The summed E-state index contributed by atoms with van der Waals surface area (Å²) in [5, 5.41) is 4.28. The molecule has 0 spiro atoms. The van der Waals surface area contributed by atoms with Gasteiger partial charge in [-0.1, -0.05) is 51.4 Å². The molecular weight excluding hydrogens is 396 g/mol. The SMILES string of the molecule is Br.CCC(=O)Nc1nc(C(C)(C)C)c(Cc2ccc(Cl)cc2)s1. The maximum absolute atomic E-state index is 11.6. The first kappa shape index (κ1) is 20.1. The number of carbonyl (C=O) groups excluding carboxylic acids is 1. The van der Waals surface area contributed by atoms with Gasteiger partial charge < -0.3 is 5.32 Å². The zero-order chi connectivity index (χ0) is 16.3. The molecule has 0 aliphatic rings. The topological polar surface area (TPSA) is 42.0 Å². The summed E-state index contributed by atoms with van der Waals surface area (Å²) in [6, 6.07) is 7.85. The summed E-state index contributed by atoms with van der Waals surface area (Å²) in [6.07, 6.45) is 1.25. The van der Waals surface area contributed by atoms with E-state index >= 15 is 0 Å². The van der Waals surface area contributed by atoms with Crippen molar-refractivity contribution in [2.75, 3.05) is 5.32 Å². The lowest BCUT2D eigenvalue weighted by molar-refractivity contribution is -0.115. The number of benzene rings is 1. The van der Waals surface area contributed by atoms with Gasteiger partial charge in [-0.2, -0.15) is 0 Å². The molecule has 0 fully saturated rings. The van der Waals surface area contributed by atoms with E-state index in [0.29, 0.717) is 11.6 Å². The fourth-order valence-corrected chi connectivity index (χ4v) is 3.45. The minimum Gasteiger partial charge on any atom is -0.302 e. The van der Waals surface area contributed by atoms with Gasteiger partial charge in [-0.05, 0) is 17.7 Å². The summed E-state index contributed by atoms with van der Waals surface area (Å²) in [5.74, 6) is -0.00717. The molecule has 2 rings (SSSR count). The van der Waals surface area contributed by atoms with Crippen LogP contribution >= 0.6 is 39.9 Å². The zero-order valence-corrected chi connectivity index (χ0v) is 17.1. The van der Waals surface area contributed by atoms with Crippen LogP contribution in [0.4, 0.5) is 5.13 Å². The molecule has 1 N–H and O–H groups in total. The van der Waals surface area contributed by atoms with Crippen LogP contribution in [0, 0.1) is 0 Å². The van der Waals surface area contributed by atoms with Crippen LogP contribution in [0.5, 0.6) is 0 Å². The Hall–Kier alpha value is -0.910. The summed E-state index contributed by atoms with van der Waals surface area (Å²) in [5.41, 5.74) is 2.17. The van der Waals surface area contributed by atoms with Gasteiger partial charge in [0.05, 0.1) is 5.69 Å². The number of halogens is 2. The Kier molecular flexibility index (Phi) is 7.24. The Balaban J connectivity index is 0.00000264. The second-order valence-corrected chi connectivity index (χ2v) is 7.77. The van der Waals surface area contributed by atoms with Crippen molar-refractivity contribution < 1.29 is 4.79 Å². The molecule has 6 heteroatoms. The van der Waals surface area contributed by atoms with Crippen LogP contribution in [0.2, 0.25) is 5.02 Å². The van der Waals surface area contributed by atoms with E-state index in [1.165, 1.54) is 10.4 Å². The Morgan fingerprint density at radius 2 is 1.87 bits per heavy atom. The molecule has 0 saturated carbocycles. The van der Waals surface area contributed by atoms with Crippen LogP contribution in [0.25, 0.3) is 0 Å². The number of thiazole rings is 1. The van der Waals surface area contributed by atoms with E-state index in [1.807, 2.05) is 31.2 Å². The van der Waals surface area contributed by atoms with Crippen molar-refractivity contribution in [1.29, 1.82) is 0 Å². The maximum Gasteiger partial charge on any atom is 0.225 e. The van der Waals surface area contributed by atoms with Crippen LogP contribution in [0.3, 0.4) is 0 Å². The summed E-state index contributed by atoms with van der Waals surface area (Å²) in [7, 11) is 0. The molecule has 0 radical (unpaired) electrons. The van der Waals surface area contributed by atoms with E-state index in [1.54, 1.807) is 11.3 Å². The van der Waals surface area contributed by atoms with Gasteiger partial charge in [0.1, 0.15) is 0 Å². The Labute approximate surface area is 157 Å². The number of carbonyl (C=O) groups is 1. The monoisotopic (exact) mass is 416 g/mol. The maximum atomic E-state index is 11.6. The second-order valence-electron chi connectivity index (χ2n) is 6.25. The lowest BCUT2D eigenvalue weighted by atomic mass is 9.90. The largest absolute Gasteiger partial charge is 0.302 e. The average molecular weight is 418 g/mol. The summed E-state index contributed by atoms with van der Waals surface area (Å²) >= 11 is 7.49. The molecule has 1 heterocycles. The van der Waals surface area contributed by atoms with Gasteiger partial charge in [-0.15, -0.1) is 28.3 Å². The normalized spacial score (nSPS) is 11.0. The standard InChI is InChI=1S/C17H21ClN2OS.BrH/c1-5-14(21)19-16-20-15(17(2,3)4)13(22-16)10-11-6-8-12(18)9-7-11;/h6-9H,5,10H2,1-4H3,(H,19,20,21);1H. The number of anilines is 1. The predicted molar refractivity (Wildman–Crippen MR) is 104 cm³/mol. The average Bonchev–Trinajstić information content (AvgIpc) is 2.84. The van der Waals surface area contributed by atoms with Crippen LogP contribution in [0.15, 0.2) is 24.3 Å². The number of nitrogens with zero attached hydrogens (tertiary/aromatic N) is 1. The van der Waals surface area contributed by atoms with Gasteiger partial charge in [-0.3, -0.25) is 4.79 Å². The molecule has 1 aromatic carbocycles. The lowest BCUT2D eigenvalue weighted by Crippen LogP contribution is -2.15. The molecule has 1 aromatic heterocycles. The zero-order valence-electron chi connectivity index (χ0n) is 13.8. The molecule has 1 amide bonds. The predicted octanol–water partition coefficient (Wildman–Crippen LogP) is 5.61. The number of aromatic nitrogens is 1. The van der Waals surface area contributed by atoms with Gasteiger partial charge >= 0.3 is 0 Å². The number of rotatable bonds is 4. The van der Waals surface area contributed by atoms with Crippen molar-refractivity contribution in [2.45, 2.75) is 46.0 Å². The van der Waals surface area contributed by atoms with Gasteiger partial charge in [0.15, 0.2) is 5.13 Å². The summed E-state index contributed by atoms with van der Waals surface area (Å²) in [4.78, 5) is 17.4. The van der Waals surface area contributed by atoms with Crippen LogP contribution in [-0.4, -0.2) is 10.9 Å². The highest BCUT2D eigenvalue weighted by Crippen LogP contribution is 2.33. The third-order valence-corrected chi connectivity index (χ3v) is 4.48. The number of hydrogen-bond donors (Lipinski definition) is 1. The van der Waals surface area contributed by atoms with Gasteiger partial charge in [0.25, 0.3) is 0 Å². The van der Waals surface area contributed by atoms with Crippen molar-refractivity contribution in [1.82, 2.24) is 4.98 Å². The van der Waals surface area contributed by atoms with E-state index in [0.717, 1.165) is 17.1 Å². The van der Waals surface area contributed by atoms with Crippen LogP contribution < -0.4 is 5.32 Å². The molecule has 3 nitrogen and oxygen atoms in total. The summed E-state index contributed by atoms with van der Waals surface area (Å²) in [6.45, 7) is 8.25. The van der Waals surface area contributed by atoms with E-state index in [9.17, 15) is 4.79 Å². The number of hydrogen-bond acceptors (Lipinski definition) is 3. The molecule has 0 atom stereocenters. The third kappa shape index (κ3) is 5.59. The highest BCUT2D eigenvalue weighted by molar-refractivity contribution is 8.93. The Morgan fingerprint density at radius 3 is 2.39 bits per heavy atom.